The number of hydrogen-bond acceptors (Lipinski definition) is 4. The number of thioether (sulfide) groups is 1. The molecule has 1 aliphatic rings. The third-order valence-corrected chi connectivity index (χ3v) is 5.28. The summed E-state index contributed by atoms with van der Waals surface area (Å²) >= 11 is 1.58. The van der Waals surface area contributed by atoms with Gasteiger partial charge in [-0.2, -0.15) is 5.10 Å². The highest BCUT2D eigenvalue weighted by Gasteiger charge is 2.22. The normalized spacial score (nSPS) is 15.0. The first kappa shape index (κ1) is 16.9. The van der Waals surface area contributed by atoms with Crippen LogP contribution in [0.3, 0.4) is 0 Å². The average Bonchev–Trinajstić information content (AvgIpc) is 3.28. The van der Waals surface area contributed by atoms with Gasteiger partial charge in [0.25, 0.3) is 0 Å². The Labute approximate surface area is 146 Å². The van der Waals surface area contributed by atoms with Gasteiger partial charge in [0, 0.05) is 12.6 Å². The highest BCUT2D eigenvalue weighted by Crippen LogP contribution is 2.32. The number of carbonyl (C=O) groups is 1. The molecule has 0 aliphatic heterocycles. The molecular formula is C16H24N6OS. The third kappa shape index (κ3) is 3.43. The number of hydrogen-bond donors (Lipinski definition) is 2. The predicted molar refractivity (Wildman–Crippen MR) is 95.3 cm³/mol. The van der Waals surface area contributed by atoms with Crippen molar-refractivity contribution in [3.05, 3.63) is 23.7 Å². The average molecular weight is 348 g/mol. The second-order valence-electron chi connectivity index (χ2n) is 6.16. The van der Waals surface area contributed by atoms with E-state index in [-0.39, 0.29) is 6.03 Å². The van der Waals surface area contributed by atoms with Crippen LogP contribution in [0.4, 0.5) is 10.6 Å². The Balaban J connectivity index is 1.62. The topological polar surface area (TPSA) is 76.8 Å². The van der Waals surface area contributed by atoms with Crippen molar-refractivity contribution in [2.24, 2.45) is 7.05 Å². The van der Waals surface area contributed by atoms with Crippen molar-refractivity contribution < 1.29 is 4.79 Å². The molecule has 2 amide bonds. The van der Waals surface area contributed by atoms with Crippen molar-refractivity contribution in [3.8, 4) is 0 Å². The molecule has 0 spiro atoms. The summed E-state index contributed by atoms with van der Waals surface area (Å²) in [7, 11) is 1.95. The van der Waals surface area contributed by atoms with E-state index >= 15 is 0 Å². The number of carbonyl (C=O) groups excluding carboxylic acids is 1. The van der Waals surface area contributed by atoms with Crippen molar-refractivity contribution in [2.45, 2.75) is 50.4 Å². The fraction of sp³-hybridized carbons (Fsp3) is 0.562. The molecule has 0 atom stereocenters. The molecule has 2 aromatic rings. The van der Waals surface area contributed by atoms with E-state index in [2.05, 4.69) is 20.7 Å². The standard InChI is InChI=1S/C16H24N6OS/c1-11-8-19-22(12-6-4-5-7-12)14(11)20-15(23)17-9-13-10-18-16(24-3)21(13)2/h8,10,12H,4-7,9H2,1-3H3,(H2,17,20,23). The van der Waals surface area contributed by atoms with E-state index < -0.39 is 0 Å². The molecule has 1 aliphatic carbocycles. The number of amides is 2. The first-order valence-electron chi connectivity index (χ1n) is 8.23. The molecule has 1 fully saturated rings. The molecule has 130 valence electrons. The van der Waals surface area contributed by atoms with E-state index in [1.54, 1.807) is 18.0 Å². The monoisotopic (exact) mass is 348 g/mol. The third-order valence-electron chi connectivity index (χ3n) is 4.54. The van der Waals surface area contributed by atoms with Crippen LogP contribution in [0.1, 0.15) is 43.0 Å². The van der Waals surface area contributed by atoms with Crippen LogP contribution in [0, 0.1) is 6.92 Å². The summed E-state index contributed by atoms with van der Waals surface area (Å²) < 4.78 is 3.96. The highest BCUT2D eigenvalue weighted by molar-refractivity contribution is 7.98. The lowest BCUT2D eigenvalue weighted by molar-refractivity contribution is 0.251. The van der Waals surface area contributed by atoms with Crippen LogP contribution in [-0.4, -0.2) is 31.6 Å². The molecule has 1 saturated carbocycles. The van der Waals surface area contributed by atoms with E-state index in [1.165, 1.54) is 12.8 Å². The van der Waals surface area contributed by atoms with E-state index in [0.717, 1.165) is 35.1 Å². The largest absolute Gasteiger partial charge is 0.332 e. The quantitative estimate of drug-likeness (QED) is 0.814. The highest BCUT2D eigenvalue weighted by atomic mass is 32.2. The van der Waals surface area contributed by atoms with Crippen LogP contribution in [0.5, 0.6) is 0 Å². The van der Waals surface area contributed by atoms with Gasteiger partial charge in [-0.1, -0.05) is 24.6 Å². The molecule has 0 bridgehead atoms. The van der Waals surface area contributed by atoms with Crippen LogP contribution in [0.15, 0.2) is 17.6 Å². The number of imidazole rings is 1. The molecule has 24 heavy (non-hydrogen) atoms. The van der Waals surface area contributed by atoms with Crippen molar-refractivity contribution in [1.82, 2.24) is 24.6 Å². The van der Waals surface area contributed by atoms with Gasteiger partial charge in [-0.05, 0) is 26.0 Å². The molecule has 8 heteroatoms. The molecule has 2 N–H and O–H groups in total. The second kappa shape index (κ2) is 7.29. The van der Waals surface area contributed by atoms with Crippen LogP contribution in [-0.2, 0) is 13.6 Å². The first-order chi connectivity index (χ1) is 11.6. The summed E-state index contributed by atoms with van der Waals surface area (Å²) in [6, 6.07) is 0.181. The number of aryl methyl sites for hydroxylation is 1. The second-order valence-corrected chi connectivity index (χ2v) is 6.94. The van der Waals surface area contributed by atoms with Gasteiger partial charge in [0.15, 0.2) is 5.16 Å². The van der Waals surface area contributed by atoms with Gasteiger partial charge >= 0.3 is 6.03 Å². The van der Waals surface area contributed by atoms with Gasteiger partial charge in [0.2, 0.25) is 0 Å². The number of nitrogens with one attached hydrogen (secondary N) is 2. The van der Waals surface area contributed by atoms with Gasteiger partial charge in [0.05, 0.1) is 30.7 Å². The van der Waals surface area contributed by atoms with Gasteiger partial charge in [0.1, 0.15) is 5.82 Å². The zero-order chi connectivity index (χ0) is 17.1. The maximum Gasteiger partial charge on any atom is 0.320 e. The minimum atomic E-state index is -0.218. The number of anilines is 1. The van der Waals surface area contributed by atoms with Crippen LogP contribution in [0.2, 0.25) is 0 Å². The summed E-state index contributed by atoms with van der Waals surface area (Å²) in [5, 5.41) is 11.2. The lowest BCUT2D eigenvalue weighted by atomic mass is 10.2. The van der Waals surface area contributed by atoms with Crippen LogP contribution >= 0.6 is 11.8 Å². The summed E-state index contributed by atoms with van der Waals surface area (Å²) in [6.07, 6.45) is 10.3. The molecule has 0 saturated heterocycles. The lowest BCUT2D eigenvalue weighted by Gasteiger charge is -2.16. The fourth-order valence-corrected chi connectivity index (χ4v) is 3.68. The molecule has 2 aromatic heterocycles. The Morgan fingerprint density at radius 1 is 1.38 bits per heavy atom. The summed E-state index contributed by atoms with van der Waals surface area (Å²) in [5.41, 5.74) is 1.96. The fourth-order valence-electron chi connectivity index (χ4n) is 3.13. The molecule has 0 unspecified atom stereocenters. The molecule has 0 radical (unpaired) electrons. The van der Waals surface area contributed by atoms with Crippen molar-refractivity contribution in [3.63, 3.8) is 0 Å². The van der Waals surface area contributed by atoms with Gasteiger partial charge in [-0.25, -0.2) is 14.5 Å². The van der Waals surface area contributed by atoms with Gasteiger partial charge in [-0.3, -0.25) is 5.32 Å². The smallest absolute Gasteiger partial charge is 0.320 e. The lowest BCUT2D eigenvalue weighted by Crippen LogP contribution is -2.30. The molecular weight excluding hydrogens is 324 g/mol. The number of rotatable bonds is 5. The Hall–Kier alpha value is -1.96. The number of nitrogens with zero attached hydrogens (tertiary/aromatic N) is 4. The van der Waals surface area contributed by atoms with Crippen LogP contribution in [0.25, 0.3) is 0 Å². The Morgan fingerprint density at radius 3 is 2.79 bits per heavy atom. The predicted octanol–water partition coefficient (Wildman–Crippen LogP) is 3.08. The Morgan fingerprint density at radius 2 is 2.12 bits per heavy atom. The minimum Gasteiger partial charge on any atom is -0.332 e. The van der Waals surface area contributed by atoms with Crippen molar-refractivity contribution >= 4 is 23.6 Å². The molecule has 2 heterocycles. The Bertz CT molecular complexity index is 716. The molecule has 3 rings (SSSR count). The van der Waals surface area contributed by atoms with Crippen LogP contribution < -0.4 is 10.6 Å². The maximum atomic E-state index is 12.3. The SMILES string of the molecule is CSc1ncc(CNC(=O)Nc2c(C)cnn2C2CCCC2)n1C. The van der Waals surface area contributed by atoms with E-state index in [1.807, 2.05) is 35.7 Å². The number of aromatic nitrogens is 4. The van der Waals surface area contributed by atoms with Crippen molar-refractivity contribution in [1.29, 1.82) is 0 Å². The summed E-state index contributed by atoms with van der Waals surface area (Å²) in [5.74, 6) is 0.800. The van der Waals surface area contributed by atoms with Crippen molar-refractivity contribution in [2.75, 3.05) is 11.6 Å². The Kier molecular flexibility index (Phi) is 5.13. The maximum absolute atomic E-state index is 12.3. The molecule has 7 nitrogen and oxygen atoms in total. The zero-order valence-corrected chi connectivity index (χ0v) is 15.2. The zero-order valence-electron chi connectivity index (χ0n) is 14.4. The van der Waals surface area contributed by atoms with Gasteiger partial charge in [-0.15, -0.1) is 0 Å². The minimum absolute atomic E-state index is 0.218. The van der Waals surface area contributed by atoms with E-state index in [9.17, 15) is 4.79 Å². The molecule has 0 aromatic carbocycles. The summed E-state index contributed by atoms with van der Waals surface area (Å²) in [6.45, 7) is 2.41. The first-order valence-corrected chi connectivity index (χ1v) is 9.46. The van der Waals surface area contributed by atoms with Gasteiger partial charge < -0.3 is 9.88 Å². The van der Waals surface area contributed by atoms with E-state index in [0.29, 0.717) is 12.6 Å². The summed E-state index contributed by atoms with van der Waals surface area (Å²) in [4.78, 5) is 16.6. The van der Waals surface area contributed by atoms with E-state index in [4.69, 9.17) is 0 Å². The number of urea groups is 1.